The molecule has 4 heteroatoms. The number of carbonyl (C=O) groups excluding carboxylic acids is 1. The first-order chi connectivity index (χ1) is 10.7. The Kier molecular flexibility index (Phi) is 5.75. The lowest BCUT2D eigenvalue weighted by Gasteiger charge is -2.35. The standard InChI is InChI=1S/C18H33N3O/c1-16-7-5-12-21(13-16)18(22)15-20-11-6-8-17(20)14-19-9-3-2-4-10-19/h16-17H,2-15H2,1H3. The van der Waals surface area contributed by atoms with Crippen molar-refractivity contribution < 1.29 is 4.79 Å². The first-order valence-corrected chi connectivity index (χ1v) is 9.46. The van der Waals surface area contributed by atoms with Gasteiger partial charge in [0.2, 0.25) is 5.91 Å². The molecule has 0 saturated carbocycles. The maximum atomic E-state index is 12.6. The molecule has 0 bridgehead atoms. The largest absolute Gasteiger partial charge is 0.341 e. The molecule has 3 rings (SSSR count). The second-order valence-electron chi connectivity index (χ2n) is 7.71. The first kappa shape index (κ1) is 16.3. The second-order valence-corrected chi connectivity index (χ2v) is 7.71. The fraction of sp³-hybridized carbons (Fsp3) is 0.944. The van der Waals surface area contributed by atoms with E-state index in [4.69, 9.17) is 0 Å². The van der Waals surface area contributed by atoms with E-state index in [2.05, 4.69) is 21.6 Å². The van der Waals surface area contributed by atoms with Gasteiger partial charge in [0.15, 0.2) is 0 Å². The van der Waals surface area contributed by atoms with Gasteiger partial charge in [-0.1, -0.05) is 13.3 Å². The smallest absolute Gasteiger partial charge is 0.236 e. The van der Waals surface area contributed by atoms with Crippen molar-refractivity contribution in [3.8, 4) is 0 Å². The molecule has 126 valence electrons. The van der Waals surface area contributed by atoms with E-state index in [0.717, 1.165) is 19.6 Å². The van der Waals surface area contributed by atoms with Crippen molar-refractivity contribution in [3.63, 3.8) is 0 Å². The highest BCUT2D eigenvalue weighted by Gasteiger charge is 2.30. The minimum atomic E-state index is 0.372. The minimum Gasteiger partial charge on any atom is -0.341 e. The molecule has 3 heterocycles. The molecule has 3 aliphatic rings. The Balaban J connectivity index is 1.48. The van der Waals surface area contributed by atoms with E-state index < -0.39 is 0 Å². The van der Waals surface area contributed by atoms with E-state index in [9.17, 15) is 4.79 Å². The SMILES string of the molecule is CC1CCCN(C(=O)CN2CCCC2CN2CCCCC2)C1. The molecule has 0 radical (unpaired) electrons. The molecule has 22 heavy (non-hydrogen) atoms. The van der Waals surface area contributed by atoms with Crippen LogP contribution in [-0.2, 0) is 4.79 Å². The van der Waals surface area contributed by atoms with Crippen molar-refractivity contribution in [1.29, 1.82) is 0 Å². The van der Waals surface area contributed by atoms with E-state index in [0.29, 0.717) is 24.4 Å². The van der Waals surface area contributed by atoms with Gasteiger partial charge in [-0.25, -0.2) is 0 Å². The number of amides is 1. The van der Waals surface area contributed by atoms with Crippen molar-refractivity contribution in [2.45, 2.75) is 57.9 Å². The molecule has 4 nitrogen and oxygen atoms in total. The van der Waals surface area contributed by atoms with Crippen LogP contribution in [0, 0.1) is 5.92 Å². The van der Waals surface area contributed by atoms with Crippen molar-refractivity contribution in [1.82, 2.24) is 14.7 Å². The number of likely N-dealkylation sites (tertiary alicyclic amines) is 3. The van der Waals surface area contributed by atoms with Crippen molar-refractivity contribution >= 4 is 5.91 Å². The van der Waals surface area contributed by atoms with Crippen LogP contribution < -0.4 is 0 Å². The van der Waals surface area contributed by atoms with Gasteiger partial charge < -0.3 is 9.80 Å². The zero-order valence-corrected chi connectivity index (χ0v) is 14.3. The summed E-state index contributed by atoms with van der Waals surface area (Å²) in [6.45, 7) is 9.72. The quantitative estimate of drug-likeness (QED) is 0.796. The predicted molar refractivity (Wildman–Crippen MR) is 89.9 cm³/mol. The third kappa shape index (κ3) is 4.23. The second kappa shape index (κ2) is 7.78. The van der Waals surface area contributed by atoms with E-state index >= 15 is 0 Å². The zero-order valence-electron chi connectivity index (χ0n) is 14.3. The van der Waals surface area contributed by atoms with Gasteiger partial charge in [0.25, 0.3) is 0 Å². The van der Waals surface area contributed by atoms with Crippen LogP contribution in [0.5, 0.6) is 0 Å². The van der Waals surface area contributed by atoms with Gasteiger partial charge in [-0.05, 0) is 64.1 Å². The minimum absolute atomic E-state index is 0.372. The lowest BCUT2D eigenvalue weighted by molar-refractivity contribution is -0.134. The molecule has 3 aliphatic heterocycles. The van der Waals surface area contributed by atoms with Gasteiger partial charge in [-0.3, -0.25) is 9.69 Å². The zero-order chi connectivity index (χ0) is 15.4. The molecule has 2 atom stereocenters. The molecule has 3 fully saturated rings. The van der Waals surface area contributed by atoms with Crippen LogP contribution >= 0.6 is 0 Å². The number of carbonyl (C=O) groups is 1. The van der Waals surface area contributed by atoms with Crippen LogP contribution in [0.4, 0.5) is 0 Å². The summed E-state index contributed by atoms with van der Waals surface area (Å²) in [5.74, 6) is 1.05. The van der Waals surface area contributed by atoms with Gasteiger partial charge in [-0.15, -0.1) is 0 Å². The Labute approximate surface area is 135 Å². The molecular formula is C18H33N3O. The van der Waals surface area contributed by atoms with Crippen LogP contribution in [0.25, 0.3) is 0 Å². The lowest BCUT2D eigenvalue weighted by atomic mass is 10.0. The third-order valence-electron chi connectivity index (χ3n) is 5.76. The topological polar surface area (TPSA) is 26.8 Å². The third-order valence-corrected chi connectivity index (χ3v) is 5.76. The van der Waals surface area contributed by atoms with E-state index in [1.54, 1.807) is 0 Å². The average Bonchev–Trinajstić information content (AvgIpc) is 2.95. The summed E-state index contributed by atoms with van der Waals surface area (Å²) in [4.78, 5) is 19.8. The van der Waals surface area contributed by atoms with Crippen LogP contribution in [0.3, 0.4) is 0 Å². The Bertz CT molecular complexity index is 367. The molecule has 0 aromatic rings. The summed E-state index contributed by atoms with van der Waals surface area (Å²) in [7, 11) is 0. The molecule has 2 unspecified atom stereocenters. The monoisotopic (exact) mass is 307 g/mol. The van der Waals surface area contributed by atoms with Crippen molar-refractivity contribution in [3.05, 3.63) is 0 Å². The predicted octanol–water partition coefficient (Wildman–Crippen LogP) is 2.20. The van der Waals surface area contributed by atoms with Crippen LogP contribution in [0.2, 0.25) is 0 Å². The number of piperidine rings is 2. The highest BCUT2D eigenvalue weighted by Crippen LogP contribution is 2.21. The average molecular weight is 307 g/mol. The highest BCUT2D eigenvalue weighted by atomic mass is 16.2. The maximum Gasteiger partial charge on any atom is 0.236 e. The summed E-state index contributed by atoms with van der Waals surface area (Å²) in [6.07, 6.45) is 9.13. The first-order valence-electron chi connectivity index (χ1n) is 9.46. The van der Waals surface area contributed by atoms with Crippen LogP contribution in [0.15, 0.2) is 0 Å². The summed E-state index contributed by atoms with van der Waals surface area (Å²) in [5, 5.41) is 0. The normalized spacial score (nSPS) is 31.6. The van der Waals surface area contributed by atoms with Crippen LogP contribution in [0.1, 0.15) is 51.9 Å². The maximum absolute atomic E-state index is 12.6. The number of hydrogen-bond donors (Lipinski definition) is 0. The van der Waals surface area contributed by atoms with Gasteiger partial charge in [0, 0.05) is 25.7 Å². The summed E-state index contributed by atoms with van der Waals surface area (Å²) < 4.78 is 0. The Morgan fingerprint density at radius 1 is 0.955 bits per heavy atom. The summed E-state index contributed by atoms with van der Waals surface area (Å²) in [6, 6.07) is 0.615. The number of nitrogens with zero attached hydrogens (tertiary/aromatic N) is 3. The van der Waals surface area contributed by atoms with Crippen LogP contribution in [-0.4, -0.2) is 72.5 Å². The van der Waals surface area contributed by atoms with Gasteiger partial charge in [0.1, 0.15) is 0 Å². The molecule has 3 saturated heterocycles. The molecule has 0 aromatic heterocycles. The molecule has 0 aliphatic carbocycles. The highest BCUT2D eigenvalue weighted by molar-refractivity contribution is 5.78. The van der Waals surface area contributed by atoms with Crippen molar-refractivity contribution in [2.24, 2.45) is 5.92 Å². The molecular weight excluding hydrogens is 274 g/mol. The molecule has 0 aromatic carbocycles. The van der Waals surface area contributed by atoms with E-state index in [1.807, 2.05) is 0 Å². The summed E-state index contributed by atoms with van der Waals surface area (Å²) in [5.41, 5.74) is 0. The van der Waals surface area contributed by atoms with Gasteiger partial charge in [0.05, 0.1) is 6.54 Å². The van der Waals surface area contributed by atoms with E-state index in [-0.39, 0.29) is 0 Å². The number of hydrogen-bond acceptors (Lipinski definition) is 3. The summed E-state index contributed by atoms with van der Waals surface area (Å²) >= 11 is 0. The van der Waals surface area contributed by atoms with E-state index in [1.165, 1.54) is 64.6 Å². The fourth-order valence-corrected chi connectivity index (χ4v) is 4.44. The van der Waals surface area contributed by atoms with Gasteiger partial charge in [-0.2, -0.15) is 0 Å². The van der Waals surface area contributed by atoms with Gasteiger partial charge >= 0.3 is 0 Å². The molecule has 1 amide bonds. The lowest BCUT2D eigenvalue weighted by Crippen LogP contribution is -2.48. The Morgan fingerprint density at radius 3 is 2.50 bits per heavy atom. The van der Waals surface area contributed by atoms with Crippen molar-refractivity contribution in [2.75, 3.05) is 45.8 Å². The molecule has 0 spiro atoms. The fourth-order valence-electron chi connectivity index (χ4n) is 4.44. The molecule has 0 N–H and O–H groups in total. The number of rotatable bonds is 4. The Morgan fingerprint density at radius 2 is 1.73 bits per heavy atom. The Hall–Kier alpha value is -0.610.